The Hall–Kier alpha value is -1.38. The molecule has 0 aliphatic heterocycles. The van der Waals surface area contributed by atoms with Crippen molar-refractivity contribution in [3.8, 4) is 6.07 Å². The highest BCUT2D eigenvalue weighted by Gasteiger charge is 2.44. The van der Waals surface area contributed by atoms with E-state index in [0.29, 0.717) is 0 Å². The predicted octanol–water partition coefficient (Wildman–Crippen LogP) is 0.889. The van der Waals surface area contributed by atoms with Gasteiger partial charge in [-0.15, -0.1) is 0 Å². The minimum absolute atomic E-state index is 0.0833. The van der Waals surface area contributed by atoms with Crippen LogP contribution in [0.5, 0.6) is 0 Å². The molecule has 1 aliphatic carbocycles. The van der Waals surface area contributed by atoms with Gasteiger partial charge in [0.15, 0.2) is 0 Å². The van der Waals surface area contributed by atoms with E-state index in [9.17, 15) is 8.42 Å². The standard InChI is InChI=1S/C10H10N2O2S/c11-7-10(5-6-10)8-1-3-9(4-2-8)15(12,13)14/h1-4H,5-6H2,(H2,12,13,14). The largest absolute Gasteiger partial charge is 0.238 e. The molecule has 0 unspecified atom stereocenters. The smallest absolute Gasteiger partial charge is 0.225 e. The summed E-state index contributed by atoms with van der Waals surface area (Å²) in [5, 5.41) is 13.9. The molecular formula is C10H10N2O2S. The van der Waals surface area contributed by atoms with E-state index in [4.69, 9.17) is 10.4 Å². The van der Waals surface area contributed by atoms with E-state index in [-0.39, 0.29) is 10.3 Å². The van der Waals surface area contributed by atoms with Crippen molar-refractivity contribution in [3.63, 3.8) is 0 Å². The number of nitrogens with two attached hydrogens (primary N) is 1. The van der Waals surface area contributed by atoms with Crippen molar-refractivity contribution in [3.05, 3.63) is 29.8 Å². The number of hydrogen-bond donors (Lipinski definition) is 1. The van der Waals surface area contributed by atoms with Gasteiger partial charge in [-0.3, -0.25) is 0 Å². The van der Waals surface area contributed by atoms with Crippen LogP contribution < -0.4 is 5.14 Å². The third kappa shape index (κ3) is 1.74. The first kappa shape index (κ1) is 10.1. The SMILES string of the molecule is N#CC1(c2ccc(S(N)(=O)=O)cc2)CC1. The molecule has 0 saturated heterocycles. The van der Waals surface area contributed by atoms with E-state index in [1.54, 1.807) is 12.1 Å². The van der Waals surface area contributed by atoms with E-state index in [2.05, 4.69) is 6.07 Å². The van der Waals surface area contributed by atoms with Crippen molar-refractivity contribution in [1.29, 1.82) is 5.26 Å². The van der Waals surface area contributed by atoms with Crippen LogP contribution in [0.15, 0.2) is 29.2 Å². The molecule has 1 saturated carbocycles. The molecule has 78 valence electrons. The molecule has 0 radical (unpaired) electrons. The van der Waals surface area contributed by atoms with Crippen LogP contribution in [0.4, 0.5) is 0 Å². The molecule has 1 aliphatic rings. The Balaban J connectivity index is 2.38. The lowest BCUT2D eigenvalue weighted by atomic mass is 9.98. The number of rotatable bonds is 2. The highest BCUT2D eigenvalue weighted by atomic mass is 32.2. The molecule has 2 rings (SSSR count). The Morgan fingerprint density at radius 2 is 1.80 bits per heavy atom. The normalized spacial score (nSPS) is 18.1. The van der Waals surface area contributed by atoms with Gasteiger partial charge < -0.3 is 0 Å². The fraction of sp³-hybridized carbons (Fsp3) is 0.300. The average molecular weight is 222 g/mol. The minimum Gasteiger partial charge on any atom is -0.225 e. The summed E-state index contributed by atoms with van der Waals surface area (Å²) < 4.78 is 22.0. The van der Waals surface area contributed by atoms with Gasteiger partial charge in [0.1, 0.15) is 0 Å². The first-order valence-corrected chi connectivity index (χ1v) is 6.07. The zero-order valence-corrected chi connectivity index (χ0v) is 8.79. The summed E-state index contributed by atoms with van der Waals surface area (Å²) in [5.74, 6) is 0. The topological polar surface area (TPSA) is 83.9 Å². The van der Waals surface area contributed by atoms with Crippen LogP contribution >= 0.6 is 0 Å². The van der Waals surface area contributed by atoms with Crippen LogP contribution in [0.25, 0.3) is 0 Å². The van der Waals surface area contributed by atoms with E-state index in [1.807, 2.05) is 0 Å². The third-order valence-electron chi connectivity index (χ3n) is 2.70. The van der Waals surface area contributed by atoms with Crippen molar-refractivity contribution in [2.24, 2.45) is 5.14 Å². The van der Waals surface area contributed by atoms with Gasteiger partial charge in [0.2, 0.25) is 10.0 Å². The predicted molar refractivity (Wildman–Crippen MR) is 54.3 cm³/mol. The van der Waals surface area contributed by atoms with Crippen LogP contribution in [0.2, 0.25) is 0 Å². The zero-order valence-electron chi connectivity index (χ0n) is 7.97. The summed E-state index contributed by atoms with van der Waals surface area (Å²) in [4.78, 5) is 0.0833. The summed E-state index contributed by atoms with van der Waals surface area (Å²) in [6.07, 6.45) is 1.69. The molecule has 0 spiro atoms. The van der Waals surface area contributed by atoms with Gasteiger partial charge in [-0.1, -0.05) is 12.1 Å². The number of nitrogens with zero attached hydrogens (tertiary/aromatic N) is 1. The van der Waals surface area contributed by atoms with E-state index < -0.39 is 10.0 Å². The quantitative estimate of drug-likeness (QED) is 0.806. The fourth-order valence-corrected chi connectivity index (χ4v) is 2.07. The molecule has 1 aromatic rings. The van der Waals surface area contributed by atoms with Gasteiger partial charge in [0, 0.05) is 0 Å². The fourth-order valence-electron chi connectivity index (χ4n) is 1.55. The summed E-state index contributed by atoms with van der Waals surface area (Å²) in [7, 11) is -3.63. The second kappa shape index (κ2) is 3.05. The van der Waals surface area contributed by atoms with E-state index in [1.165, 1.54) is 12.1 Å². The maximum atomic E-state index is 11.0. The summed E-state index contributed by atoms with van der Waals surface area (Å²) in [5.41, 5.74) is 0.495. The van der Waals surface area contributed by atoms with Gasteiger partial charge in [-0.05, 0) is 30.5 Å². The molecule has 0 atom stereocenters. The molecule has 0 amide bonds. The number of hydrogen-bond acceptors (Lipinski definition) is 3. The lowest BCUT2D eigenvalue weighted by molar-refractivity contribution is 0.597. The lowest BCUT2D eigenvalue weighted by Crippen LogP contribution is -2.12. The zero-order chi connectivity index (χ0) is 11.1. The molecule has 5 heteroatoms. The average Bonchev–Trinajstić information content (AvgIpc) is 2.97. The number of sulfonamides is 1. The summed E-state index contributed by atoms with van der Waals surface area (Å²) in [6.45, 7) is 0. The molecule has 4 nitrogen and oxygen atoms in total. The highest BCUT2D eigenvalue weighted by molar-refractivity contribution is 7.89. The number of nitriles is 1. The first-order chi connectivity index (χ1) is 6.98. The van der Waals surface area contributed by atoms with Gasteiger partial charge in [-0.2, -0.15) is 5.26 Å². The number of benzene rings is 1. The molecule has 15 heavy (non-hydrogen) atoms. The summed E-state index contributed by atoms with van der Waals surface area (Å²) in [6, 6.07) is 8.46. The molecule has 2 N–H and O–H groups in total. The monoisotopic (exact) mass is 222 g/mol. The van der Waals surface area contributed by atoms with Crippen LogP contribution in [0.1, 0.15) is 18.4 Å². The van der Waals surface area contributed by atoms with Gasteiger partial charge in [-0.25, -0.2) is 13.6 Å². The molecular weight excluding hydrogens is 212 g/mol. The molecule has 1 fully saturated rings. The third-order valence-corrected chi connectivity index (χ3v) is 3.63. The van der Waals surface area contributed by atoms with Crippen LogP contribution in [0, 0.1) is 11.3 Å². The maximum absolute atomic E-state index is 11.0. The van der Waals surface area contributed by atoms with Crippen molar-refractivity contribution in [1.82, 2.24) is 0 Å². The molecule has 0 heterocycles. The second-order valence-electron chi connectivity index (χ2n) is 3.76. The van der Waals surface area contributed by atoms with Gasteiger partial charge in [0.25, 0.3) is 0 Å². The maximum Gasteiger partial charge on any atom is 0.238 e. The number of primary sulfonamides is 1. The Morgan fingerprint density at radius 3 is 2.13 bits per heavy atom. The van der Waals surface area contributed by atoms with E-state index >= 15 is 0 Å². The Morgan fingerprint density at radius 1 is 1.27 bits per heavy atom. The van der Waals surface area contributed by atoms with Gasteiger partial charge in [0.05, 0.1) is 16.4 Å². The van der Waals surface area contributed by atoms with Crippen molar-refractivity contribution in [2.45, 2.75) is 23.2 Å². The van der Waals surface area contributed by atoms with Crippen LogP contribution in [0.3, 0.4) is 0 Å². The molecule has 0 aromatic heterocycles. The Bertz CT molecular complexity index is 522. The van der Waals surface area contributed by atoms with Crippen LogP contribution in [-0.2, 0) is 15.4 Å². The first-order valence-electron chi connectivity index (χ1n) is 4.53. The van der Waals surface area contributed by atoms with Crippen LogP contribution in [-0.4, -0.2) is 8.42 Å². The molecule has 0 bridgehead atoms. The molecule has 1 aromatic carbocycles. The van der Waals surface area contributed by atoms with Crippen molar-refractivity contribution >= 4 is 10.0 Å². The van der Waals surface area contributed by atoms with Gasteiger partial charge >= 0.3 is 0 Å². The Labute approximate surface area is 88.4 Å². The second-order valence-corrected chi connectivity index (χ2v) is 5.32. The highest BCUT2D eigenvalue weighted by Crippen LogP contribution is 2.47. The minimum atomic E-state index is -3.63. The lowest BCUT2D eigenvalue weighted by Gasteiger charge is -2.06. The van der Waals surface area contributed by atoms with Crippen molar-refractivity contribution < 1.29 is 8.42 Å². The van der Waals surface area contributed by atoms with Crippen molar-refractivity contribution in [2.75, 3.05) is 0 Å². The van der Waals surface area contributed by atoms with E-state index in [0.717, 1.165) is 18.4 Å². The summed E-state index contributed by atoms with van der Waals surface area (Å²) >= 11 is 0. The Kier molecular flexibility index (Phi) is 2.07.